The van der Waals surface area contributed by atoms with Crippen LogP contribution in [0.15, 0.2) is 46.9 Å². The van der Waals surface area contributed by atoms with Gasteiger partial charge in [-0.2, -0.15) is 13.2 Å². The molecule has 0 saturated carbocycles. The Hall–Kier alpha value is -1.53. The van der Waals surface area contributed by atoms with Crippen molar-refractivity contribution in [2.75, 3.05) is 6.61 Å². The molecule has 2 aromatic rings. The summed E-state index contributed by atoms with van der Waals surface area (Å²) in [5.74, 6) is 0.397. The SMILES string of the molecule is OC1(c2ccccc2C(F)(F)F)CCOc2ccc(Br)cc21. The minimum Gasteiger partial charge on any atom is -0.493 e. The van der Waals surface area contributed by atoms with Gasteiger partial charge in [0.2, 0.25) is 0 Å². The molecule has 1 aliphatic heterocycles. The Balaban J connectivity index is 2.24. The molecule has 1 aliphatic rings. The molecular weight excluding hydrogens is 361 g/mol. The third-order valence-corrected chi connectivity index (χ3v) is 4.28. The van der Waals surface area contributed by atoms with Gasteiger partial charge in [0, 0.05) is 22.0 Å². The van der Waals surface area contributed by atoms with E-state index in [0.29, 0.717) is 15.8 Å². The standard InChI is InChI=1S/C16H12BrF3O2/c17-10-5-6-14-13(9-10)15(21,7-8-22-14)11-3-1-2-4-12(11)16(18,19)20/h1-6,9,21H,7-8H2. The highest BCUT2D eigenvalue weighted by atomic mass is 79.9. The van der Waals surface area contributed by atoms with Gasteiger partial charge in [-0.05, 0) is 24.3 Å². The summed E-state index contributed by atoms with van der Waals surface area (Å²) in [7, 11) is 0. The van der Waals surface area contributed by atoms with E-state index in [-0.39, 0.29) is 18.6 Å². The van der Waals surface area contributed by atoms with Crippen molar-refractivity contribution in [1.29, 1.82) is 0 Å². The monoisotopic (exact) mass is 372 g/mol. The molecule has 0 aromatic heterocycles. The lowest BCUT2D eigenvalue weighted by Gasteiger charge is -2.36. The topological polar surface area (TPSA) is 29.5 Å². The van der Waals surface area contributed by atoms with Gasteiger partial charge in [0.25, 0.3) is 0 Å². The zero-order valence-electron chi connectivity index (χ0n) is 11.3. The number of benzene rings is 2. The molecule has 1 N–H and O–H groups in total. The quantitative estimate of drug-likeness (QED) is 0.799. The average Bonchev–Trinajstić information content (AvgIpc) is 2.47. The molecule has 0 fully saturated rings. The van der Waals surface area contributed by atoms with Crippen molar-refractivity contribution in [3.05, 3.63) is 63.6 Å². The third kappa shape index (κ3) is 2.50. The lowest BCUT2D eigenvalue weighted by Crippen LogP contribution is -2.35. The number of fused-ring (bicyclic) bond motifs is 1. The first-order valence-corrected chi connectivity index (χ1v) is 7.43. The first kappa shape index (κ1) is 15.4. The second kappa shape index (κ2) is 5.28. The van der Waals surface area contributed by atoms with Crippen LogP contribution in [0, 0.1) is 0 Å². The van der Waals surface area contributed by atoms with Gasteiger partial charge in [0.1, 0.15) is 11.4 Å². The molecule has 3 rings (SSSR count). The van der Waals surface area contributed by atoms with Crippen LogP contribution in [0.3, 0.4) is 0 Å². The molecule has 6 heteroatoms. The molecule has 0 spiro atoms. The minimum absolute atomic E-state index is 0.0591. The van der Waals surface area contributed by atoms with Crippen LogP contribution >= 0.6 is 15.9 Å². The lowest BCUT2D eigenvalue weighted by molar-refractivity contribution is -0.140. The Labute approximate surface area is 133 Å². The van der Waals surface area contributed by atoms with Gasteiger partial charge in [-0.25, -0.2) is 0 Å². The van der Waals surface area contributed by atoms with Crippen LogP contribution in [0.4, 0.5) is 13.2 Å². The predicted molar refractivity (Wildman–Crippen MR) is 78.7 cm³/mol. The number of rotatable bonds is 1. The van der Waals surface area contributed by atoms with Crippen molar-refractivity contribution in [3.8, 4) is 5.75 Å². The summed E-state index contributed by atoms with van der Waals surface area (Å²) in [5.41, 5.74) is -2.37. The first-order valence-electron chi connectivity index (χ1n) is 6.64. The first-order chi connectivity index (χ1) is 10.3. The van der Waals surface area contributed by atoms with Crippen molar-refractivity contribution in [1.82, 2.24) is 0 Å². The Morgan fingerprint density at radius 2 is 1.82 bits per heavy atom. The number of ether oxygens (including phenoxy) is 1. The molecule has 1 heterocycles. The summed E-state index contributed by atoms with van der Waals surface area (Å²) in [6.07, 6.45) is -4.47. The van der Waals surface area contributed by atoms with E-state index in [9.17, 15) is 18.3 Å². The Morgan fingerprint density at radius 1 is 1.09 bits per heavy atom. The van der Waals surface area contributed by atoms with E-state index in [1.54, 1.807) is 18.2 Å². The normalized spacial score (nSPS) is 21.1. The smallest absolute Gasteiger partial charge is 0.416 e. The minimum atomic E-state index is -4.53. The van der Waals surface area contributed by atoms with Crippen LogP contribution in [0.5, 0.6) is 5.75 Å². The second-order valence-electron chi connectivity index (χ2n) is 5.14. The summed E-state index contributed by atoms with van der Waals surface area (Å²) in [5, 5.41) is 11.1. The third-order valence-electron chi connectivity index (χ3n) is 3.79. The maximum absolute atomic E-state index is 13.3. The largest absolute Gasteiger partial charge is 0.493 e. The molecule has 2 aromatic carbocycles. The molecule has 0 aliphatic carbocycles. The number of alkyl halides is 3. The molecule has 0 radical (unpaired) electrons. The number of hydrogen-bond donors (Lipinski definition) is 1. The van der Waals surface area contributed by atoms with Gasteiger partial charge in [-0.1, -0.05) is 34.1 Å². The molecule has 2 nitrogen and oxygen atoms in total. The van der Waals surface area contributed by atoms with Gasteiger partial charge in [-0.3, -0.25) is 0 Å². The number of halogens is 4. The molecular formula is C16H12BrF3O2. The van der Waals surface area contributed by atoms with Crippen molar-refractivity contribution >= 4 is 15.9 Å². The summed E-state index contributed by atoms with van der Waals surface area (Å²) >= 11 is 3.28. The van der Waals surface area contributed by atoms with Crippen molar-refractivity contribution in [3.63, 3.8) is 0 Å². The molecule has 22 heavy (non-hydrogen) atoms. The van der Waals surface area contributed by atoms with Crippen LogP contribution in [-0.4, -0.2) is 11.7 Å². The summed E-state index contributed by atoms with van der Waals surface area (Å²) in [4.78, 5) is 0. The highest BCUT2D eigenvalue weighted by Crippen LogP contribution is 2.46. The molecule has 116 valence electrons. The van der Waals surface area contributed by atoms with E-state index >= 15 is 0 Å². The molecule has 0 amide bonds. The maximum atomic E-state index is 13.3. The van der Waals surface area contributed by atoms with Gasteiger partial charge in [0.05, 0.1) is 12.2 Å². The van der Waals surface area contributed by atoms with Gasteiger partial charge < -0.3 is 9.84 Å². The highest BCUT2D eigenvalue weighted by molar-refractivity contribution is 9.10. The van der Waals surface area contributed by atoms with Crippen molar-refractivity contribution in [2.45, 2.75) is 18.2 Å². The fourth-order valence-electron chi connectivity index (χ4n) is 2.77. The van der Waals surface area contributed by atoms with E-state index in [0.717, 1.165) is 6.07 Å². The Kier molecular flexibility index (Phi) is 3.69. The molecule has 1 unspecified atom stereocenters. The maximum Gasteiger partial charge on any atom is 0.416 e. The molecule has 0 saturated heterocycles. The average molecular weight is 373 g/mol. The zero-order chi connectivity index (χ0) is 16.0. The molecule has 0 bridgehead atoms. The van der Waals surface area contributed by atoms with Gasteiger partial charge in [0.15, 0.2) is 0 Å². The predicted octanol–water partition coefficient (Wildman–Crippen LogP) is 4.49. The Morgan fingerprint density at radius 3 is 2.55 bits per heavy atom. The Bertz CT molecular complexity index is 715. The molecule has 1 atom stereocenters. The van der Waals surface area contributed by atoms with Crippen molar-refractivity contribution < 1.29 is 23.0 Å². The van der Waals surface area contributed by atoms with Crippen molar-refractivity contribution in [2.24, 2.45) is 0 Å². The fourth-order valence-corrected chi connectivity index (χ4v) is 3.13. The van der Waals surface area contributed by atoms with E-state index in [1.807, 2.05) is 0 Å². The second-order valence-corrected chi connectivity index (χ2v) is 6.06. The van der Waals surface area contributed by atoms with E-state index in [1.165, 1.54) is 18.2 Å². The number of hydrogen-bond acceptors (Lipinski definition) is 2. The lowest BCUT2D eigenvalue weighted by atomic mass is 9.79. The van der Waals surface area contributed by atoms with Crippen LogP contribution < -0.4 is 4.74 Å². The summed E-state index contributed by atoms with van der Waals surface area (Å²) in [6, 6.07) is 10.1. The van der Waals surface area contributed by atoms with Crippen LogP contribution in [0.2, 0.25) is 0 Å². The highest BCUT2D eigenvalue weighted by Gasteiger charge is 2.44. The summed E-state index contributed by atoms with van der Waals surface area (Å²) in [6.45, 7) is 0.150. The number of aliphatic hydroxyl groups is 1. The van der Waals surface area contributed by atoms with Gasteiger partial charge in [-0.15, -0.1) is 0 Å². The van der Waals surface area contributed by atoms with Crippen LogP contribution in [0.25, 0.3) is 0 Å². The zero-order valence-corrected chi connectivity index (χ0v) is 12.9. The van der Waals surface area contributed by atoms with Gasteiger partial charge >= 0.3 is 6.18 Å². The van der Waals surface area contributed by atoms with E-state index in [2.05, 4.69) is 15.9 Å². The van der Waals surface area contributed by atoms with Crippen LogP contribution in [0.1, 0.15) is 23.1 Å². The fraction of sp³-hybridized carbons (Fsp3) is 0.250. The summed E-state index contributed by atoms with van der Waals surface area (Å²) < 4.78 is 46.0. The van der Waals surface area contributed by atoms with E-state index < -0.39 is 17.3 Å². The van der Waals surface area contributed by atoms with E-state index in [4.69, 9.17) is 4.74 Å². The van der Waals surface area contributed by atoms with Crippen LogP contribution in [-0.2, 0) is 11.8 Å².